The fourth-order valence-electron chi connectivity index (χ4n) is 2.87. The number of carbonyl (C=O) groups is 1. The molecule has 0 amide bonds. The number of carbonyl (C=O) groups excluding carboxylic acids is 1. The van der Waals surface area contributed by atoms with Crippen molar-refractivity contribution in [3.8, 4) is 0 Å². The molecule has 0 bridgehead atoms. The Kier molecular flexibility index (Phi) is 4.06. The topological polar surface area (TPSA) is 20.3 Å². The number of alkyl halides is 3. The van der Waals surface area contributed by atoms with Crippen molar-refractivity contribution in [1.82, 2.24) is 0 Å². The molecule has 0 N–H and O–H groups in total. The Balaban J connectivity index is 2.43. The molecule has 1 aliphatic heterocycles. The van der Waals surface area contributed by atoms with Crippen molar-refractivity contribution in [2.24, 2.45) is 5.92 Å². The molecular weight excluding hydrogens is 267 g/mol. The monoisotopic (exact) mass is 285 g/mol. The molecule has 0 aromatic heterocycles. The van der Waals surface area contributed by atoms with Crippen molar-refractivity contribution in [3.63, 3.8) is 0 Å². The van der Waals surface area contributed by atoms with E-state index in [4.69, 9.17) is 0 Å². The van der Waals surface area contributed by atoms with Crippen molar-refractivity contribution in [3.05, 3.63) is 29.3 Å². The highest BCUT2D eigenvalue weighted by atomic mass is 19.4. The zero-order valence-corrected chi connectivity index (χ0v) is 11.6. The van der Waals surface area contributed by atoms with Gasteiger partial charge >= 0.3 is 6.18 Å². The van der Waals surface area contributed by atoms with Crippen LogP contribution < -0.4 is 4.90 Å². The van der Waals surface area contributed by atoms with Crippen LogP contribution in [-0.4, -0.2) is 18.9 Å². The SMILES string of the molecule is CC1CCN(c2ccc(C=O)cc2C(F)(F)F)C(C)C1. The molecular formula is C15H18F3NO. The third kappa shape index (κ3) is 2.97. The number of hydrogen-bond acceptors (Lipinski definition) is 2. The molecule has 2 unspecified atom stereocenters. The zero-order chi connectivity index (χ0) is 14.9. The van der Waals surface area contributed by atoms with Gasteiger partial charge in [-0.15, -0.1) is 0 Å². The number of aldehydes is 1. The first-order chi connectivity index (χ1) is 9.32. The summed E-state index contributed by atoms with van der Waals surface area (Å²) in [6.45, 7) is 4.68. The second kappa shape index (κ2) is 5.46. The maximum Gasteiger partial charge on any atom is 0.418 e. The summed E-state index contributed by atoms with van der Waals surface area (Å²) in [7, 11) is 0. The molecule has 0 spiro atoms. The summed E-state index contributed by atoms with van der Waals surface area (Å²) >= 11 is 0. The maximum atomic E-state index is 13.2. The summed E-state index contributed by atoms with van der Waals surface area (Å²) in [6, 6.07) is 3.87. The lowest BCUT2D eigenvalue weighted by atomic mass is 9.92. The molecule has 110 valence electrons. The van der Waals surface area contributed by atoms with Crippen LogP contribution in [0.1, 0.15) is 42.6 Å². The molecule has 1 aromatic carbocycles. The molecule has 5 heteroatoms. The first-order valence-electron chi connectivity index (χ1n) is 6.76. The Labute approximate surface area is 116 Å². The van der Waals surface area contributed by atoms with Crippen molar-refractivity contribution in [2.75, 3.05) is 11.4 Å². The van der Waals surface area contributed by atoms with E-state index in [9.17, 15) is 18.0 Å². The lowest BCUT2D eigenvalue weighted by Crippen LogP contribution is -2.41. The molecule has 1 saturated heterocycles. The average molecular weight is 285 g/mol. The Bertz CT molecular complexity index is 498. The molecule has 2 nitrogen and oxygen atoms in total. The number of rotatable bonds is 2. The van der Waals surface area contributed by atoms with Gasteiger partial charge < -0.3 is 4.90 Å². The van der Waals surface area contributed by atoms with E-state index in [0.29, 0.717) is 18.7 Å². The largest absolute Gasteiger partial charge is 0.418 e. The smallest absolute Gasteiger partial charge is 0.368 e. The third-order valence-corrected chi connectivity index (χ3v) is 3.91. The Morgan fingerprint density at radius 1 is 1.30 bits per heavy atom. The van der Waals surface area contributed by atoms with E-state index in [0.717, 1.165) is 18.9 Å². The van der Waals surface area contributed by atoms with E-state index in [1.807, 2.05) is 6.92 Å². The number of piperidine rings is 1. The van der Waals surface area contributed by atoms with Crippen molar-refractivity contribution >= 4 is 12.0 Å². The second-order valence-corrected chi connectivity index (χ2v) is 5.56. The van der Waals surface area contributed by atoms with Crippen molar-refractivity contribution < 1.29 is 18.0 Å². The molecule has 0 saturated carbocycles. The predicted molar refractivity (Wildman–Crippen MR) is 72.0 cm³/mol. The van der Waals surface area contributed by atoms with E-state index in [1.54, 1.807) is 4.90 Å². The highest BCUT2D eigenvalue weighted by molar-refractivity contribution is 5.77. The van der Waals surface area contributed by atoms with Gasteiger partial charge in [-0.1, -0.05) is 6.92 Å². The molecule has 2 atom stereocenters. The van der Waals surface area contributed by atoms with Crippen LogP contribution in [-0.2, 0) is 6.18 Å². The van der Waals surface area contributed by atoms with Crippen LogP contribution in [0, 0.1) is 5.92 Å². The summed E-state index contributed by atoms with van der Waals surface area (Å²) < 4.78 is 39.5. The Morgan fingerprint density at radius 3 is 2.55 bits per heavy atom. The number of anilines is 1. The lowest BCUT2D eigenvalue weighted by molar-refractivity contribution is -0.137. The van der Waals surface area contributed by atoms with Crippen LogP contribution in [0.2, 0.25) is 0 Å². The van der Waals surface area contributed by atoms with Gasteiger partial charge in [0.25, 0.3) is 0 Å². The summed E-state index contributed by atoms with van der Waals surface area (Å²) in [5, 5.41) is 0. The summed E-state index contributed by atoms with van der Waals surface area (Å²) in [5.41, 5.74) is -0.481. The summed E-state index contributed by atoms with van der Waals surface area (Å²) in [4.78, 5) is 12.5. The van der Waals surface area contributed by atoms with Gasteiger partial charge in [-0.3, -0.25) is 4.79 Å². The molecule has 1 heterocycles. The van der Waals surface area contributed by atoms with Crippen LogP contribution in [0.4, 0.5) is 18.9 Å². The third-order valence-electron chi connectivity index (χ3n) is 3.91. The average Bonchev–Trinajstić information content (AvgIpc) is 2.37. The van der Waals surface area contributed by atoms with Crippen molar-refractivity contribution in [2.45, 2.75) is 38.9 Å². The fraction of sp³-hybridized carbons (Fsp3) is 0.533. The van der Waals surface area contributed by atoms with E-state index < -0.39 is 11.7 Å². The van der Waals surface area contributed by atoms with Crippen LogP contribution >= 0.6 is 0 Å². The van der Waals surface area contributed by atoms with Crippen LogP contribution in [0.25, 0.3) is 0 Å². The highest BCUT2D eigenvalue weighted by Gasteiger charge is 2.36. The Hall–Kier alpha value is -1.52. The predicted octanol–water partition coefficient (Wildman–Crippen LogP) is 4.14. The quantitative estimate of drug-likeness (QED) is 0.761. The maximum absolute atomic E-state index is 13.2. The van der Waals surface area contributed by atoms with Crippen molar-refractivity contribution in [1.29, 1.82) is 0 Å². The van der Waals surface area contributed by atoms with Gasteiger partial charge in [-0.05, 0) is 43.9 Å². The van der Waals surface area contributed by atoms with Gasteiger partial charge in [-0.25, -0.2) is 0 Å². The van der Waals surface area contributed by atoms with E-state index >= 15 is 0 Å². The van der Waals surface area contributed by atoms with Crippen LogP contribution in [0.15, 0.2) is 18.2 Å². The van der Waals surface area contributed by atoms with E-state index in [-0.39, 0.29) is 17.3 Å². The Morgan fingerprint density at radius 2 is 2.00 bits per heavy atom. The molecule has 0 aliphatic carbocycles. The normalized spacial score (nSPS) is 23.8. The van der Waals surface area contributed by atoms with Gasteiger partial charge in [0.15, 0.2) is 0 Å². The minimum absolute atomic E-state index is 0.0547. The standard InChI is InChI=1S/C15H18F3NO/c1-10-5-6-19(11(2)7-10)14-4-3-12(9-20)8-13(14)15(16,17)18/h3-4,8-11H,5-7H2,1-2H3. The van der Waals surface area contributed by atoms with Gasteiger partial charge in [0.2, 0.25) is 0 Å². The zero-order valence-electron chi connectivity index (χ0n) is 11.6. The molecule has 1 fully saturated rings. The minimum Gasteiger partial charge on any atom is -0.368 e. The fourth-order valence-corrected chi connectivity index (χ4v) is 2.87. The van der Waals surface area contributed by atoms with Gasteiger partial charge in [0, 0.05) is 23.8 Å². The summed E-state index contributed by atoms with van der Waals surface area (Å²) in [5.74, 6) is 0.532. The van der Waals surface area contributed by atoms with Gasteiger partial charge in [-0.2, -0.15) is 13.2 Å². The molecule has 20 heavy (non-hydrogen) atoms. The first kappa shape index (κ1) is 14.9. The van der Waals surface area contributed by atoms with Crippen LogP contribution in [0.5, 0.6) is 0 Å². The number of halogens is 3. The van der Waals surface area contributed by atoms with Gasteiger partial charge in [0.1, 0.15) is 6.29 Å². The number of nitrogens with zero attached hydrogens (tertiary/aromatic N) is 1. The minimum atomic E-state index is -4.45. The van der Waals surface area contributed by atoms with E-state index in [1.165, 1.54) is 12.1 Å². The lowest BCUT2D eigenvalue weighted by Gasteiger charge is -2.39. The summed E-state index contributed by atoms with van der Waals surface area (Å²) in [6.07, 6.45) is -2.23. The van der Waals surface area contributed by atoms with Gasteiger partial charge in [0.05, 0.1) is 5.56 Å². The number of hydrogen-bond donors (Lipinski definition) is 0. The van der Waals surface area contributed by atoms with Crippen LogP contribution in [0.3, 0.4) is 0 Å². The second-order valence-electron chi connectivity index (χ2n) is 5.56. The molecule has 1 aliphatic rings. The highest BCUT2D eigenvalue weighted by Crippen LogP contribution is 2.39. The molecule has 1 aromatic rings. The first-order valence-corrected chi connectivity index (χ1v) is 6.76. The number of benzene rings is 1. The molecule has 0 radical (unpaired) electrons. The van der Waals surface area contributed by atoms with E-state index in [2.05, 4.69) is 6.92 Å². The molecule has 2 rings (SSSR count).